The van der Waals surface area contributed by atoms with Crippen LogP contribution in [0.2, 0.25) is 0 Å². The number of aryl methyl sites for hydroxylation is 1. The van der Waals surface area contributed by atoms with Gasteiger partial charge in [-0.1, -0.05) is 0 Å². The van der Waals surface area contributed by atoms with Gasteiger partial charge in [-0.2, -0.15) is 5.10 Å². The fourth-order valence-corrected chi connectivity index (χ4v) is 1.79. The minimum atomic E-state index is -0.0598. The van der Waals surface area contributed by atoms with Gasteiger partial charge in [0.25, 0.3) is 5.91 Å². The van der Waals surface area contributed by atoms with Crippen LogP contribution in [0, 0.1) is 0 Å². The van der Waals surface area contributed by atoms with Crippen molar-refractivity contribution in [3.05, 3.63) is 42.2 Å². The van der Waals surface area contributed by atoms with E-state index in [1.807, 2.05) is 19.1 Å². The molecule has 0 saturated carbocycles. The number of rotatable bonds is 3. The summed E-state index contributed by atoms with van der Waals surface area (Å²) < 4.78 is 1.62. The molecule has 1 amide bonds. The largest absolute Gasteiger partial charge is 0.399 e. The van der Waals surface area contributed by atoms with Crippen molar-refractivity contribution in [1.29, 1.82) is 0 Å². The van der Waals surface area contributed by atoms with Crippen LogP contribution in [-0.4, -0.2) is 22.2 Å². The number of carbonyl (C=O) groups excluding carboxylic acids is 1. The van der Waals surface area contributed by atoms with Crippen molar-refractivity contribution in [3.63, 3.8) is 0 Å². The van der Waals surface area contributed by atoms with E-state index in [1.54, 1.807) is 41.2 Å². The molecule has 5 nitrogen and oxygen atoms in total. The number of nitrogens with two attached hydrogens (primary N) is 1. The minimum Gasteiger partial charge on any atom is -0.399 e. The summed E-state index contributed by atoms with van der Waals surface area (Å²) in [6, 6.07) is 7.25. The molecule has 94 valence electrons. The summed E-state index contributed by atoms with van der Waals surface area (Å²) >= 11 is 0. The molecule has 5 heteroatoms. The van der Waals surface area contributed by atoms with Crippen molar-refractivity contribution in [1.82, 2.24) is 9.78 Å². The number of anilines is 2. The van der Waals surface area contributed by atoms with Crippen LogP contribution < -0.4 is 10.6 Å². The van der Waals surface area contributed by atoms with Gasteiger partial charge in [0.2, 0.25) is 0 Å². The van der Waals surface area contributed by atoms with E-state index in [0.29, 0.717) is 17.8 Å². The Balaban J connectivity index is 2.28. The third-order valence-electron chi connectivity index (χ3n) is 2.72. The maximum absolute atomic E-state index is 12.3. The van der Waals surface area contributed by atoms with Gasteiger partial charge in [0.05, 0.1) is 11.8 Å². The fourth-order valence-electron chi connectivity index (χ4n) is 1.79. The van der Waals surface area contributed by atoms with Crippen LogP contribution in [0.4, 0.5) is 11.4 Å². The van der Waals surface area contributed by atoms with Crippen molar-refractivity contribution in [2.75, 3.05) is 17.2 Å². The summed E-state index contributed by atoms with van der Waals surface area (Å²) in [6.45, 7) is 2.53. The molecule has 0 bridgehead atoms. The van der Waals surface area contributed by atoms with Gasteiger partial charge >= 0.3 is 0 Å². The smallest absolute Gasteiger partial charge is 0.261 e. The third kappa shape index (κ3) is 2.34. The lowest BCUT2D eigenvalue weighted by Crippen LogP contribution is -2.30. The van der Waals surface area contributed by atoms with E-state index in [1.165, 1.54) is 0 Å². The number of carbonyl (C=O) groups is 1. The standard InChI is InChI=1S/C13H16N4O/c1-3-17(12-6-4-11(14)5-7-12)13(18)10-8-15-16(2)9-10/h4-9H,3,14H2,1-2H3. The molecule has 0 saturated heterocycles. The lowest BCUT2D eigenvalue weighted by atomic mass is 10.2. The second-order valence-corrected chi connectivity index (χ2v) is 4.04. The van der Waals surface area contributed by atoms with Crippen LogP contribution in [0.25, 0.3) is 0 Å². The van der Waals surface area contributed by atoms with Crippen LogP contribution >= 0.6 is 0 Å². The molecule has 0 aliphatic heterocycles. The highest BCUT2D eigenvalue weighted by Crippen LogP contribution is 2.18. The molecule has 18 heavy (non-hydrogen) atoms. The first kappa shape index (κ1) is 12.2. The van der Waals surface area contributed by atoms with Crippen LogP contribution in [0.5, 0.6) is 0 Å². The average Bonchev–Trinajstić information content (AvgIpc) is 2.79. The van der Waals surface area contributed by atoms with E-state index in [0.717, 1.165) is 5.69 Å². The zero-order chi connectivity index (χ0) is 13.1. The number of benzene rings is 1. The van der Waals surface area contributed by atoms with E-state index < -0.39 is 0 Å². The average molecular weight is 244 g/mol. The third-order valence-corrected chi connectivity index (χ3v) is 2.72. The molecule has 0 atom stereocenters. The topological polar surface area (TPSA) is 64.2 Å². The highest BCUT2D eigenvalue weighted by atomic mass is 16.2. The molecule has 0 spiro atoms. The predicted octanol–water partition coefficient (Wildman–Crippen LogP) is 1.67. The van der Waals surface area contributed by atoms with Crippen molar-refractivity contribution in [3.8, 4) is 0 Å². The Hall–Kier alpha value is -2.30. The van der Waals surface area contributed by atoms with Gasteiger partial charge in [0, 0.05) is 31.2 Å². The Morgan fingerprint density at radius 2 is 2.06 bits per heavy atom. The first-order valence-corrected chi connectivity index (χ1v) is 5.78. The van der Waals surface area contributed by atoms with Crippen LogP contribution in [-0.2, 0) is 7.05 Å². The maximum Gasteiger partial charge on any atom is 0.261 e. The molecule has 0 aliphatic carbocycles. The SMILES string of the molecule is CCN(C(=O)c1cnn(C)c1)c1ccc(N)cc1. The molecule has 2 aromatic rings. The number of hydrogen-bond acceptors (Lipinski definition) is 3. The number of amides is 1. The molecule has 2 N–H and O–H groups in total. The van der Waals surface area contributed by atoms with Gasteiger partial charge < -0.3 is 10.6 Å². The second-order valence-electron chi connectivity index (χ2n) is 4.04. The van der Waals surface area contributed by atoms with Gasteiger partial charge in [0.1, 0.15) is 0 Å². The van der Waals surface area contributed by atoms with Gasteiger partial charge in [0.15, 0.2) is 0 Å². The quantitative estimate of drug-likeness (QED) is 0.835. The zero-order valence-corrected chi connectivity index (χ0v) is 10.5. The summed E-state index contributed by atoms with van der Waals surface area (Å²) in [7, 11) is 1.79. The summed E-state index contributed by atoms with van der Waals surface area (Å²) in [5.74, 6) is -0.0598. The molecular formula is C13H16N4O. The van der Waals surface area contributed by atoms with E-state index >= 15 is 0 Å². The monoisotopic (exact) mass is 244 g/mol. The molecule has 0 aliphatic rings. The first-order valence-electron chi connectivity index (χ1n) is 5.78. The molecule has 1 aromatic heterocycles. The molecule has 1 heterocycles. The Morgan fingerprint density at radius 3 is 2.56 bits per heavy atom. The minimum absolute atomic E-state index is 0.0598. The lowest BCUT2D eigenvalue weighted by Gasteiger charge is -2.20. The van der Waals surface area contributed by atoms with Crippen molar-refractivity contribution in [2.24, 2.45) is 7.05 Å². The Labute approximate surface area is 106 Å². The Bertz CT molecular complexity index is 544. The van der Waals surface area contributed by atoms with Crippen LogP contribution in [0.15, 0.2) is 36.7 Å². The predicted molar refractivity (Wildman–Crippen MR) is 71.4 cm³/mol. The van der Waals surface area contributed by atoms with Crippen LogP contribution in [0.1, 0.15) is 17.3 Å². The zero-order valence-electron chi connectivity index (χ0n) is 10.5. The van der Waals surface area contributed by atoms with E-state index in [9.17, 15) is 4.79 Å². The first-order chi connectivity index (χ1) is 8.61. The van der Waals surface area contributed by atoms with E-state index in [-0.39, 0.29) is 5.91 Å². The molecule has 2 rings (SSSR count). The van der Waals surface area contributed by atoms with Crippen molar-refractivity contribution >= 4 is 17.3 Å². The summed E-state index contributed by atoms with van der Waals surface area (Å²) in [6.07, 6.45) is 3.28. The number of nitrogen functional groups attached to an aromatic ring is 1. The normalized spacial score (nSPS) is 10.3. The van der Waals surface area contributed by atoms with E-state index in [2.05, 4.69) is 5.10 Å². The summed E-state index contributed by atoms with van der Waals surface area (Å²) in [4.78, 5) is 14.0. The molecule has 0 fully saturated rings. The van der Waals surface area contributed by atoms with Crippen molar-refractivity contribution in [2.45, 2.75) is 6.92 Å². The van der Waals surface area contributed by atoms with Crippen molar-refractivity contribution < 1.29 is 4.79 Å². The van der Waals surface area contributed by atoms with E-state index in [4.69, 9.17) is 5.73 Å². The molecule has 1 aromatic carbocycles. The van der Waals surface area contributed by atoms with Gasteiger partial charge in [-0.05, 0) is 31.2 Å². The number of hydrogen-bond donors (Lipinski definition) is 1. The fraction of sp³-hybridized carbons (Fsp3) is 0.231. The second kappa shape index (κ2) is 4.91. The molecular weight excluding hydrogens is 228 g/mol. The van der Waals surface area contributed by atoms with Gasteiger partial charge in [-0.25, -0.2) is 0 Å². The number of nitrogens with zero attached hydrogens (tertiary/aromatic N) is 3. The number of aromatic nitrogens is 2. The summed E-state index contributed by atoms with van der Waals surface area (Å²) in [5.41, 5.74) is 7.74. The highest BCUT2D eigenvalue weighted by molar-refractivity contribution is 6.05. The maximum atomic E-state index is 12.3. The van der Waals surface area contributed by atoms with Gasteiger partial charge in [-0.15, -0.1) is 0 Å². The molecule has 0 unspecified atom stereocenters. The van der Waals surface area contributed by atoms with Crippen LogP contribution in [0.3, 0.4) is 0 Å². The van der Waals surface area contributed by atoms with Gasteiger partial charge in [-0.3, -0.25) is 9.48 Å². The Morgan fingerprint density at radius 1 is 1.39 bits per heavy atom. The molecule has 0 radical (unpaired) electrons. The highest BCUT2D eigenvalue weighted by Gasteiger charge is 2.17. The Kier molecular flexibility index (Phi) is 3.32. The summed E-state index contributed by atoms with van der Waals surface area (Å²) in [5, 5.41) is 4.01. The lowest BCUT2D eigenvalue weighted by molar-refractivity contribution is 0.0988.